The first kappa shape index (κ1) is 16.4. The van der Waals surface area contributed by atoms with E-state index in [1.165, 1.54) is 11.8 Å². The molecule has 23 heavy (non-hydrogen) atoms. The van der Waals surface area contributed by atoms with Crippen LogP contribution in [0.25, 0.3) is 6.08 Å². The molecule has 2 aromatic rings. The largest absolute Gasteiger partial charge is 0.300 e. The molecule has 1 heterocycles. The van der Waals surface area contributed by atoms with Gasteiger partial charge in [0, 0.05) is 5.02 Å². The summed E-state index contributed by atoms with van der Waals surface area (Å²) in [5.41, 5.74) is 1.35. The average Bonchev–Trinajstić information content (AvgIpc) is 2.84. The molecule has 1 N–H and O–H groups in total. The van der Waals surface area contributed by atoms with Crippen molar-refractivity contribution in [1.29, 1.82) is 0 Å². The van der Waals surface area contributed by atoms with E-state index in [1.807, 2.05) is 12.1 Å². The van der Waals surface area contributed by atoms with Crippen molar-refractivity contribution < 1.29 is 4.79 Å². The summed E-state index contributed by atoms with van der Waals surface area (Å²) in [4.78, 5) is 16.9. The van der Waals surface area contributed by atoms with Crippen LogP contribution in [0.5, 0.6) is 0 Å². The molecule has 0 radical (unpaired) electrons. The summed E-state index contributed by atoms with van der Waals surface area (Å²) in [6.07, 6.45) is 1.76. The van der Waals surface area contributed by atoms with E-state index in [0.29, 0.717) is 30.8 Å². The summed E-state index contributed by atoms with van der Waals surface area (Å²) < 4.78 is 0. The third-order valence-electron chi connectivity index (χ3n) is 2.95. The highest BCUT2D eigenvalue weighted by molar-refractivity contribution is 8.18. The van der Waals surface area contributed by atoms with Gasteiger partial charge in [0.25, 0.3) is 5.91 Å². The minimum absolute atomic E-state index is 0.216. The lowest BCUT2D eigenvalue weighted by molar-refractivity contribution is -0.115. The van der Waals surface area contributed by atoms with Gasteiger partial charge in [-0.25, -0.2) is 4.99 Å². The molecule has 1 saturated heterocycles. The van der Waals surface area contributed by atoms with Gasteiger partial charge in [-0.2, -0.15) is 0 Å². The molecule has 3 rings (SSSR count). The van der Waals surface area contributed by atoms with Crippen molar-refractivity contribution in [1.82, 2.24) is 5.32 Å². The SMILES string of the molecule is O=C1NC(=Nc2cccc(Cl)c2Cl)S/C1=C/c1cccc(Cl)c1. The Morgan fingerprint density at radius 1 is 1.09 bits per heavy atom. The third kappa shape index (κ3) is 3.90. The summed E-state index contributed by atoms with van der Waals surface area (Å²) >= 11 is 19.2. The van der Waals surface area contributed by atoms with E-state index >= 15 is 0 Å². The second-order valence-electron chi connectivity index (χ2n) is 4.61. The summed E-state index contributed by atoms with van der Waals surface area (Å²) in [6, 6.07) is 12.4. The van der Waals surface area contributed by atoms with Crippen LogP contribution in [0.2, 0.25) is 15.1 Å². The molecule has 0 saturated carbocycles. The van der Waals surface area contributed by atoms with E-state index in [9.17, 15) is 4.79 Å². The van der Waals surface area contributed by atoms with Gasteiger partial charge in [0.05, 0.1) is 20.6 Å². The Morgan fingerprint density at radius 2 is 1.87 bits per heavy atom. The number of nitrogens with one attached hydrogen (secondary N) is 1. The molecule has 1 amide bonds. The highest BCUT2D eigenvalue weighted by Gasteiger charge is 2.24. The Labute approximate surface area is 152 Å². The smallest absolute Gasteiger partial charge is 0.264 e. The van der Waals surface area contributed by atoms with Gasteiger partial charge in [0.1, 0.15) is 0 Å². The lowest BCUT2D eigenvalue weighted by atomic mass is 10.2. The molecule has 116 valence electrons. The van der Waals surface area contributed by atoms with Crippen molar-refractivity contribution in [2.75, 3.05) is 0 Å². The number of benzene rings is 2. The van der Waals surface area contributed by atoms with E-state index in [0.717, 1.165) is 5.56 Å². The van der Waals surface area contributed by atoms with Crippen LogP contribution in [-0.2, 0) is 4.79 Å². The van der Waals surface area contributed by atoms with Gasteiger partial charge in [0.2, 0.25) is 0 Å². The van der Waals surface area contributed by atoms with Crippen molar-refractivity contribution in [3.63, 3.8) is 0 Å². The summed E-state index contributed by atoms with van der Waals surface area (Å²) in [6.45, 7) is 0. The molecule has 1 fully saturated rings. The van der Waals surface area contributed by atoms with E-state index in [2.05, 4.69) is 10.3 Å². The second kappa shape index (κ2) is 6.97. The predicted molar refractivity (Wildman–Crippen MR) is 98.7 cm³/mol. The van der Waals surface area contributed by atoms with Crippen LogP contribution >= 0.6 is 46.6 Å². The minimum atomic E-state index is -0.216. The van der Waals surface area contributed by atoms with Gasteiger partial charge >= 0.3 is 0 Å². The predicted octanol–water partition coefficient (Wildman–Crippen LogP) is 5.54. The molecule has 2 aromatic carbocycles. The molecule has 0 bridgehead atoms. The Balaban J connectivity index is 1.88. The fraction of sp³-hybridized carbons (Fsp3) is 0. The molecule has 0 unspecified atom stereocenters. The number of aliphatic imine (C=N–C) groups is 1. The number of hydrogen-bond donors (Lipinski definition) is 1. The first-order valence-corrected chi connectivity index (χ1v) is 8.47. The molecule has 0 spiro atoms. The number of rotatable bonds is 2. The lowest BCUT2D eigenvalue weighted by Gasteiger charge is -2.00. The molecule has 7 heteroatoms. The van der Waals surface area contributed by atoms with Gasteiger partial charge in [-0.1, -0.05) is 53.0 Å². The number of hydrogen-bond acceptors (Lipinski definition) is 3. The van der Waals surface area contributed by atoms with Gasteiger partial charge in [-0.15, -0.1) is 0 Å². The highest BCUT2D eigenvalue weighted by atomic mass is 35.5. The lowest BCUT2D eigenvalue weighted by Crippen LogP contribution is -2.19. The molecule has 0 atom stereocenters. The number of carbonyl (C=O) groups is 1. The van der Waals surface area contributed by atoms with E-state index < -0.39 is 0 Å². The van der Waals surface area contributed by atoms with Crippen molar-refractivity contribution in [3.8, 4) is 0 Å². The van der Waals surface area contributed by atoms with Crippen molar-refractivity contribution in [3.05, 3.63) is 68.0 Å². The fourth-order valence-corrected chi connectivity index (χ4v) is 3.29. The highest BCUT2D eigenvalue weighted by Crippen LogP contribution is 2.34. The maximum atomic E-state index is 12.0. The van der Waals surface area contributed by atoms with Crippen molar-refractivity contribution >= 4 is 69.4 Å². The van der Waals surface area contributed by atoms with Crippen molar-refractivity contribution in [2.24, 2.45) is 4.99 Å². The standard InChI is InChI=1S/C16H9Cl3N2OS/c17-10-4-1-3-9(7-10)8-13-15(22)21-16(23-13)20-12-6-2-5-11(18)14(12)19/h1-8H,(H,20,21,22)/b13-8+. The summed E-state index contributed by atoms with van der Waals surface area (Å²) in [7, 11) is 0. The Morgan fingerprint density at radius 3 is 2.65 bits per heavy atom. The number of amides is 1. The summed E-state index contributed by atoms with van der Waals surface area (Å²) in [5.74, 6) is -0.216. The van der Waals surface area contributed by atoms with Gasteiger partial charge in [-0.3, -0.25) is 4.79 Å². The number of thioether (sulfide) groups is 1. The minimum Gasteiger partial charge on any atom is -0.300 e. The van der Waals surface area contributed by atoms with E-state index in [1.54, 1.807) is 36.4 Å². The molecular formula is C16H9Cl3N2OS. The number of nitrogens with zero attached hydrogens (tertiary/aromatic N) is 1. The van der Waals surface area contributed by atoms with Gasteiger partial charge in [0.15, 0.2) is 5.17 Å². The van der Waals surface area contributed by atoms with Crippen LogP contribution in [0.15, 0.2) is 52.4 Å². The van der Waals surface area contributed by atoms with Crippen LogP contribution < -0.4 is 5.32 Å². The molecule has 0 aromatic heterocycles. The normalized spacial score (nSPS) is 17.8. The zero-order chi connectivity index (χ0) is 16.4. The Bertz CT molecular complexity index is 849. The van der Waals surface area contributed by atoms with Crippen LogP contribution in [0.3, 0.4) is 0 Å². The van der Waals surface area contributed by atoms with Gasteiger partial charge < -0.3 is 5.32 Å². The number of carbonyl (C=O) groups excluding carboxylic acids is 1. The Kier molecular flexibility index (Phi) is 4.97. The molecule has 0 aliphatic carbocycles. The third-order valence-corrected chi connectivity index (χ3v) is 4.90. The summed E-state index contributed by atoms with van der Waals surface area (Å²) in [5, 5.41) is 4.53. The maximum absolute atomic E-state index is 12.0. The maximum Gasteiger partial charge on any atom is 0.264 e. The quantitative estimate of drug-likeness (QED) is 0.692. The Hall–Kier alpha value is -1.46. The average molecular weight is 384 g/mol. The van der Waals surface area contributed by atoms with E-state index in [-0.39, 0.29) is 5.91 Å². The molecule has 1 aliphatic rings. The number of halogens is 3. The van der Waals surface area contributed by atoms with Crippen molar-refractivity contribution in [2.45, 2.75) is 0 Å². The second-order valence-corrected chi connectivity index (χ2v) is 6.86. The zero-order valence-corrected chi connectivity index (χ0v) is 14.6. The van der Waals surface area contributed by atoms with Gasteiger partial charge in [-0.05, 0) is 47.7 Å². The number of amidine groups is 1. The van der Waals surface area contributed by atoms with E-state index in [4.69, 9.17) is 34.8 Å². The van der Waals surface area contributed by atoms with Crippen LogP contribution in [0, 0.1) is 0 Å². The zero-order valence-electron chi connectivity index (χ0n) is 11.5. The first-order valence-electron chi connectivity index (χ1n) is 6.52. The van der Waals surface area contributed by atoms with Crippen LogP contribution in [0.4, 0.5) is 5.69 Å². The molecule has 1 aliphatic heterocycles. The topological polar surface area (TPSA) is 41.5 Å². The van der Waals surface area contributed by atoms with Crippen LogP contribution in [-0.4, -0.2) is 11.1 Å². The molecular weight excluding hydrogens is 375 g/mol. The monoisotopic (exact) mass is 382 g/mol. The fourth-order valence-electron chi connectivity index (χ4n) is 1.92. The molecule has 3 nitrogen and oxygen atoms in total. The first-order chi connectivity index (χ1) is 11.0. The van der Waals surface area contributed by atoms with Crippen LogP contribution in [0.1, 0.15) is 5.56 Å².